The Morgan fingerprint density at radius 3 is 2.65 bits per heavy atom. The van der Waals surface area contributed by atoms with Crippen molar-refractivity contribution in [3.8, 4) is 5.75 Å². The van der Waals surface area contributed by atoms with Crippen LogP contribution in [0.4, 0.5) is 0 Å². The zero-order valence-electron chi connectivity index (χ0n) is 11.1. The third kappa shape index (κ3) is 4.12. The van der Waals surface area contributed by atoms with Crippen molar-refractivity contribution < 1.29 is 9.53 Å². The zero-order chi connectivity index (χ0) is 14.4. The molecular weight excluding hydrogens is 336 g/mol. The molecule has 0 saturated heterocycles. The van der Waals surface area contributed by atoms with Crippen LogP contribution >= 0.6 is 27.7 Å². The molecule has 0 saturated carbocycles. The van der Waals surface area contributed by atoms with Crippen molar-refractivity contribution in [2.45, 2.75) is 10.8 Å². The summed E-state index contributed by atoms with van der Waals surface area (Å²) >= 11 is 5.06. The standard InChI is InChI=1S/C16H15BrO2S/c1-19-15-3-2-4-16(9-15)20-11-13(10-18)12-5-7-14(17)8-6-12/h2-10,13H,11H2,1H3. The number of halogens is 1. The molecule has 2 aromatic carbocycles. The van der Waals surface area contributed by atoms with Crippen LogP contribution in [-0.4, -0.2) is 19.1 Å². The van der Waals surface area contributed by atoms with E-state index in [0.717, 1.165) is 32.7 Å². The molecule has 0 aliphatic carbocycles. The molecule has 0 bridgehead atoms. The Balaban J connectivity index is 2.03. The van der Waals surface area contributed by atoms with E-state index in [4.69, 9.17) is 4.74 Å². The first-order valence-corrected chi connectivity index (χ1v) is 7.98. The first-order valence-electron chi connectivity index (χ1n) is 6.20. The molecule has 0 aliphatic heterocycles. The monoisotopic (exact) mass is 350 g/mol. The van der Waals surface area contributed by atoms with Crippen LogP contribution in [0.1, 0.15) is 11.5 Å². The summed E-state index contributed by atoms with van der Waals surface area (Å²) in [6.45, 7) is 0. The van der Waals surface area contributed by atoms with Gasteiger partial charge >= 0.3 is 0 Å². The van der Waals surface area contributed by atoms with Gasteiger partial charge in [-0.05, 0) is 35.9 Å². The minimum atomic E-state index is -0.0979. The second kappa shape index (κ2) is 7.50. The number of thioether (sulfide) groups is 1. The van der Waals surface area contributed by atoms with Crippen LogP contribution in [0.2, 0.25) is 0 Å². The molecule has 0 fully saturated rings. The van der Waals surface area contributed by atoms with Gasteiger partial charge in [-0.1, -0.05) is 34.1 Å². The van der Waals surface area contributed by atoms with Crippen molar-refractivity contribution in [3.63, 3.8) is 0 Å². The Bertz CT molecular complexity index is 569. The van der Waals surface area contributed by atoms with E-state index in [1.54, 1.807) is 18.9 Å². The van der Waals surface area contributed by atoms with E-state index < -0.39 is 0 Å². The topological polar surface area (TPSA) is 26.3 Å². The Hall–Kier alpha value is -1.26. The molecule has 104 valence electrons. The second-order valence-corrected chi connectivity index (χ2v) is 6.29. The lowest BCUT2D eigenvalue weighted by atomic mass is 10.0. The average Bonchev–Trinajstić information content (AvgIpc) is 2.50. The maximum Gasteiger partial charge on any atom is 0.128 e. The largest absolute Gasteiger partial charge is 0.497 e. The van der Waals surface area contributed by atoms with E-state index >= 15 is 0 Å². The highest BCUT2D eigenvalue weighted by Crippen LogP contribution is 2.28. The van der Waals surface area contributed by atoms with Gasteiger partial charge in [0.25, 0.3) is 0 Å². The number of ether oxygens (including phenoxy) is 1. The highest BCUT2D eigenvalue weighted by molar-refractivity contribution is 9.10. The smallest absolute Gasteiger partial charge is 0.128 e. The van der Waals surface area contributed by atoms with E-state index in [-0.39, 0.29) is 5.92 Å². The van der Waals surface area contributed by atoms with E-state index in [1.165, 1.54) is 0 Å². The van der Waals surface area contributed by atoms with Gasteiger partial charge in [0, 0.05) is 21.0 Å². The molecule has 0 aromatic heterocycles. The third-order valence-electron chi connectivity index (χ3n) is 2.93. The molecule has 2 aromatic rings. The number of hydrogen-bond acceptors (Lipinski definition) is 3. The minimum Gasteiger partial charge on any atom is -0.497 e. The highest BCUT2D eigenvalue weighted by atomic mass is 79.9. The lowest BCUT2D eigenvalue weighted by Gasteiger charge is -2.11. The van der Waals surface area contributed by atoms with Crippen LogP contribution in [0.25, 0.3) is 0 Å². The van der Waals surface area contributed by atoms with Crippen LogP contribution < -0.4 is 4.74 Å². The van der Waals surface area contributed by atoms with Crippen molar-refractivity contribution >= 4 is 34.0 Å². The predicted molar refractivity (Wildman–Crippen MR) is 86.7 cm³/mol. The minimum absolute atomic E-state index is 0.0979. The van der Waals surface area contributed by atoms with Gasteiger partial charge in [0.1, 0.15) is 12.0 Å². The molecule has 20 heavy (non-hydrogen) atoms. The molecule has 2 nitrogen and oxygen atoms in total. The fourth-order valence-electron chi connectivity index (χ4n) is 1.80. The van der Waals surface area contributed by atoms with Crippen LogP contribution in [0.15, 0.2) is 57.9 Å². The number of methoxy groups -OCH3 is 1. The van der Waals surface area contributed by atoms with Gasteiger partial charge in [0.2, 0.25) is 0 Å². The first kappa shape index (κ1) is 15.1. The Morgan fingerprint density at radius 1 is 1.25 bits per heavy atom. The van der Waals surface area contributed by atoms with Crippen LogP contribution in [0, 0.1) is 0 Å². The first-order chi connectivity index (χ1) is 9.72. The average molecular weight is 351 g/mol. The normalized spacial score (nSPS) is 11.9. The van der Waals surface area contributed by atoms with Crippen LogP contribution in [0.5, 0.6) is 5.75 Å². The zero-order valence-corrected chi connectivity index (χ0v) is 13.5. The fraction of sp³-hybridized carbons (Fsp3) is 0.188. The molecule has 4 heteroatoms. The maximum atomic E-state index is 11.3. The molecule has 0 spiro atoms. The summed E-state index contributed by atoms with van der Waals surface area (Å²) in [5, 5.41) is 0. The second-order valence-electron chi connectivity index (χ2n) is 4.28. The van der Waals surface area contributed by atoms with E-state index in [9.17, 15) is 4.79 Å². The van der Waals surface area contributed by atoms with Crippen molar-refractivity contribution in [2.24, 2.45) is 0 Å². The summed E-state index contributed by atoms with van der Waals surface area (Å²) < 4.78 is 6.22. The van der Waals surface area contributed by atoms with E-state index in [0.29, 0.717) is 0 Å². The summed E-state index contributed by atoms with van der Waals surface area (Å²) in [4.78, 5) is 12.4. The van der Waals surface area contributed by atoms with Gasteiger partial charge in [0.05, 0.1) is 7.11 Å². The van der Waals surface area contributed by atoms with E-state index in [2.05, 4.69) is 15.9 Å². The summed E-state index contributed by atoms with van der Waals surface area (Å²) in [6.07, 6.45) is 1.01. The van der Waals surface area contributed by atoms with Crippen molar-refractivity contribution in [3.05, 3.63) is 58.6 Å². The number of benzene rings is 2. The molecule has 2 rings (SSSR count). The summed E-state index contributed by atoms with van der Waals surface area (Å²) in [5.41, 5.74) is 1.04. The molecule has 0 heterocycles. The summed E-state index contributed by atoms with van der Waals surface area (Å²) in [7, 11) is 1.65. The summed E-state index contributed by atoms with van der Waals surface area (Å²) in [6, 6.07) is 15.8. The van der Waals surface area contributed by atoms with E-state index in [1.807, 2.05) is 48.5 Å². The highest BCUT2D eigenvalue weighted by Gasteiger charge is 2.11. The van der Waals surface area contributed by atoms with Crippen molar-refractivity contribution in [1.29, 1.82) is 0 Å². The lowest BCUT2D eigenvalue weighted by Crippen LogP contribution is -2.03. The fourth-order valence-corrected chi connectivity index (χ4v) is 3.08. The Morgan fingerprint density at radius 2 is 2.00 bits per heavy atom. The lowest BCUT2D eigenvalue weighted by molar-refractivity contribution is -0.108. The van der Waals surface area contributed by atoms with Gasteiger partial charge in [-0.15, -0.1) is 11.8 Å². The number of hydrogen-bond donors (Lipinski definition) is 0. The van der Waals surface area contributed by atoms with Gasteiger partial charge in [-0.2, -0.15) is 0 Å². The number of rotatable bonds is 6. The molecule has 0 amide bonds. The molecule has 0 radical (unpaired) electrons. The SMILES string of the molecule is COc1cccc(SCC(C=O)c2ccc(Br)cc2)c1. The summed E-state index contributed by atoms with van der Waals surface area (Å²) in [5.74, 6) is 1.46. The molecule has 0 aliphatic rings. The molecule has 1 unspecified atom stereocenters. The molecule has 0 N–H and O–H groups in total. The van der Waals surface area contributed by atoms with Crippen LogP contribution in [0.3, 0.4) is 0 Å². The van der Waals surface area contributed by atoms with Crippen molar-refractivity contribution in [2.75, 3.05) is 12.9 Å². The predicted octanol–water partition coefficient (Wildman–Crippen LogP) is 4.53. The quantitative estimate of drug-likeness (QED) is 0.565. The Labute approximate surface area is 131 Å². The van der Waals surface area contributed by atoms with Gasteiger partial charge < -0.3 is 9.53 Å². The third-order valence-corrected chi connectivity index (χ3v) is 4.57. The Kier molecular flexibility index (Phi) is 5.68. The molecular formula is C16H15BrO2S. The number of carbonyl (C=O) groups is 1. The van der Waals surface area contributed by atoms with Gasteiger partial charge in [-0.25, -0.2) is 0 Å². The van der Waals surface area contributed by atoms with Gasteiger partial charge in [-0.3, -0.25) is 0 Å². The van der Waals surface area contributed by atoms with Gasteiger partial charge in [0.15, 0.2) is 0 Å². The molecule has 1 atom stereocenters. The van der Waals surface area contributed by atoms with Crippen LogP contribution in [-0.2, 0) is 4.79 Å². The maximum absolute atomic E-state index is 11.3. The number of aldehydes is 1. The van der Waals surface area contributed by atoms with Crippen molar-refractivity contribution in [1.82, 2.24) is 0 Å². The number of carbonyl (C=O) groups excluding carboxylic acids is 1.